The van der Waals surface area contributed by atoms with E-state index in [2.05, 4.69) is 6.58 Å². The summed E-state index contributed by atoms with van der Waals surface area (Å²) < 4.78 is 18.6. The molecule has 1 radical (unpaired) electrons. The monoisotopic (exact) mass is 243 g/mol. The molecular weight excluding hydrogens is 231 g/mol. The van der Waals surface area contributed by atoms with Crippen LogP contribution in [0.2, 0.25) is 18.1 Å². The Morgan fingerprint density at radius 3 is 2.73 bits per heavy atom. The molecule has 1 aromatic carbocycles. The Kier molecular flexibility index (Phi) is 4.51. The van der Waals surface area contributed by atoms with Crippen LogP contribution >= 0.6 is 11.6 Å². The van der Waals surface area contributed by atoms with Gasteiger partial charge in [-0.1, -0.05) is 24.2 Å². The first-order valence-corrected chi connectivity index (χ1v) is 7.35. The number of hydrogen-bond donors (Lipinski definition) is 0. The Balaban J connectivity index is 2.70. The van der Waals surface area contributed by atoms with Crippen LogP contribution in [0.5, 0.6) is 0 Å². The fraction of sp³-hybridized carbons (Fsp3) is 0.273. The first-order valence-electron chi connectivity index (χ1n) is 4.57. The quantitative estimate of drug-likeness (QED) is 0.732. The Morgan fingerprint density at radius 2 is 2.20 bits per heavy atom. The molecule has 1 aromatic rings. The number of rotatable bonds is 4. The third-order valence-corrected chi connectivity index (χ3v) is 2.89. The zero-order valence-corrected chi connectivity index (χ0v) is 10.6. The third-order valence-electron chi connectivity index (χ3n) is 1.86. The van der Waals surface area contributed by atoms with Crippen molar-refractivity contribution in [3.63, 3.8) is 0 Å². The molecular formula is C11H13ClFOSi. The van der Waals surface area contributed by atoms with Crippen molar-refractivity contribution in [2.24, 2.45) is 0 Å². The van der Waals surface area contributed by atoms with Crippen molar-refractivity contribution in [2.75, 3.05) is 6.61 Å². The lowest BCUT2D eigenvalue weighted by molar-refractivity contribution is 0.382. The first-order chi connectivity index (χ1) is 7.00. The van der Waals surface area contributed by atoms with Gasteiger partial charge in [0.2, 0.25) is 9.04 Å². The molecule has 81 valence electrons. The van der Waals surface area contributed by atoms with Crippen molar-refractivity contribution < 1.29 is 8.82 Å². The van der Waals surface area contributed by atoms with Crippen molar-refractivity contribution in [1.82, 2.24) is 0 Å². The SMILES string of the molecule is C=C(CO[Si](C)C)c1ccc(Cl)c(F)c1. The second kappa shape index (κ2) is 5.44. The fourth-order valence-electron chi connectivity index (χ4n) is 1.03. The summed E-state index contributed by atoms with van der Waals surface area (Å²) in [5.41, 5.74) is 1.51. The van der Waals surface area contributed by atoms with E-state index in [4.69, 9.17) is 16.0 Å². The molecule has 0 unspecified atom stereocenters. The molecule has 0 spiro atoms. The Morgan fingerprint density at radius 1 is 1.53 bits per heavy atom. The van der Waals surface area contributed by atoms with Crippen molar-refractivity contribution in [3.05, 3.63) is 41.2 Å². The number of halogens is 2. The van der Waals surface area contributed by atoms with Gasteiger partial charge in [-0.15, -0.1) is 0 Å². The topological polar surface area (TPSA) is 9.23 Å². The highest BCUT2D eigenvalue weighted by Crippen LogP contribution is 2.20. The van der Waals surface area contributed by atoms with Gasteiger partial charge in [-0.3, -0.25) is 0 Å². The Bertz CT molecular complexity index is 366. The summed E-state index contributed by atoms with van der Waals surface area (Å²) in [7, 11) is -0.735. The zero-order valence-electron chi connectivity index (χ0n) is 8.81. The molecule has 0 aliphatic heterocycles. The minimum Gasteiger partial charge on any atom is -0.413 e. The van der Waals surface area contributed by atoms with Crippen molar-refractivity contribution in [3.8, 4) is 0 Å². The predicted molar refractivity (Wildman–Crippen MR) is 63.9 cm³/mol. The predicted octanol–water partition coefficient (Wildman–Crippen LogP) is 3.76. The van der Waals surface area contributed by atoms with E-state index < -0.39 is 14.9 Å². The third kappa shape index (κ3) is 3.78. The first kappa shape index (κ1) is 12.4. The molecule has 0 saturated heterocycles. The molecule has 0 bridgehead atoms. The molecule has 0 amide bonds. The highest BCUT2D eigenvalue weighted by Gasteiger charge is 2.05. The molecule has 0 saturated carbocycles. The van der Waals surface area contributed by atoms with Gasteiger partial charge in [0.25, 0.3) is 0 Å². The average Bonchev–Trinajstić information content (AvgIpc) is 2.18. The molecule has 0 N–H and O–H groups in total. The molecule has 0 fully saturated rings. The van der Waals surface area contributed by atoms with Crippen LogP contribution in [0.1, 0.15) is 5.56 Å². The van der Waals surface area contributed by atoms with Gasteiger partial charge in [0.1, 0.15) is 5.82 Å². The van der Waals surface area contributed by atoms with Crippen LogP contribution in [0, 0.1) is 5.82 Å². The summed E-state index contributed by atoms with van der Waals surface area (Å²) in [6, 6.07) is 4.65. The average molecular weight is 244 g/mol. The van der Waals surface area contributed by atoms with Crippen LogP contribution in [0.4, 0.5) is 4.39 Å². The van der Waals surface area contributed by atoms with E-state index in [1.165, 1.54) is 12.1 Å². The summed E-state index contributed by atoms with van der Waals surface area (Å²) >= 11 is 5.58. The van der Waals surface area contributed by atoms with Crippen LogP contribution in [-0.2, 0) is 4.43 Å². The zero-order chi connectivity index (χ0) is 11.4. The number of hydrogen-bond acceptors (Lipinski definition) is 1. The van der Waals surface area contributed by atoms with Gasteiger partial charge in [0.15, 0.2) is 0 Å². The van der Waals surface area contributed by atoms with Gasteiger partial charge in [-0.25, -0.2) is 4.39 Å². The minimum absolute atomic E-state index is 0.128. The van der Waals surface area contributed by atoms with E-state index in [0.29, 0.717) is 6.61 Å². The normalized spacial score (nSPS) is 10.7. The van der Waals surface area contributed by atoms with E-state index in [0.717, 1.165) is 11.1 Å². The van der Waals surface area contributed by atoms with E-state index in [9.17, 15) is 4.39 Å². The molecule has 0 heterocycles. The maximum atomic E-state index is 13.1. The summed E-state index contributed by atoms with van der Waals surface area (Å²) in [4.78, 5) is 0. The van der Waals surface area contributed by atoms with Gasteiger partial charge >= 0.3 is 0 Å². The molecule has 0 aliphatic rings. The lowest BCUT2D eigenvalue weighted by atomic mass is 10.1. The van der Waals surface area contributed by atoms with Gasteiger partial charge in [-0.05, 0) is 36.4 Å². The van der Waals surface area contributed by atoms with Crippen LogP contribution in [-0.4, -0.2) is 15.6 Å². The summed E-state index contributed by atoms with van der Waals surface area (Å²) in [6.45, 7) is 8.38. The standard InChI is InChI=1S/C11H13ClFOSi/c1-8(7-14-15(2)3)9-4-5-10(12)11(13)6-9/h4-6H,1,7H2,2-3H3. The highest BCUT2D eigenvalue weighted by atomic mass is 35.5. The maximum absolute atomic E-state index is 13.1. The molecule has 1 rings (SSSR count). The minimum atomic E-state index is -0.735. The van der Waals surface area contributed by atoms with E-state index in [1.54, 1.807) is 6.07 Å². The second-order valence-electron chi connectivity index (χ2n) is 3.43. The molecule has 4 heteroatoms. The second-order valence-corrected chi connectivity index (χ2v) is 5.94. The van der Waals surface area contributed by atoms with E-state index in [-0.39, 0.29) is 5.02 Å². The van der Waals surface area contributed by atoms with Gasteiger partial charge in [0.05, 0.1) is 11.6 Å². The van der Waals surface area contributed by atoms with Crippen LogP contribution in [0.3, 0.4) is 0 Å². The molecule has 1 nitrogen and oxygen atoms in total. The van der Waals surface area contributed by atoms with Crippen molar-refractivity contribution in [1.29, 1.82) is 0 Å². The highest BCUT2D eigenvalue weighted by molar-refractivity contribution is 6.48. The molecule has 0 aliphatic carbocycles. The number of benzene rings is 1. The van der Waals surface area contributed by atoms with E-state index in [1.807, 2.05) is 13.1 Å². The molecule has 15 heavy (non-hydrogen) atoms. The van der Waals surface area contributed by atoms with Crippen molar-refractivity contribution >= 4 is 26.2 Å². The van der Waals surface area contributed by atoms with Crippen LogP contribution in [0.15, 0.2) is 24.8 Å². The van der Waals surface area contributed by atoms with Gasteiger partial charge < -0.3 is 4.43 Å². The summed E-state index contributed by atoms with van der Waals surface area (Å²) in [5, 5.41) is 0.128. The lowest BCUT2D eigenvalue weighted by Crippen LogP contribution is -2.09. The fourth-order valence-corrected chi connectivity index (χ4v) is 1.61. The summed E-state index contributed by atoms with van der Waals surface area (Å²) in [6.07, 6.45) is 0. The Labute approximate surface area is 96.2 Å². The van der Waals surface area contributed by atoms with Crippen molar-refractivity contribution in [2.45, 2.75) is 13.1 Å². The van der Waals surface area contributed by atoms with Crippen LogP contribution in [0.25, 0.3) is 5.57 Å². The smallest absolute Gasteiger partial charge is 0.205 e. The van der Waals surface area contributed by atoms with Crippen LogP contribution < -0.4 is 0 Å². The van der Waals surface area contributed by atoms with E-state index >= 15 is 0 Å². The Hall–Kier alpha value is -0.643. The molecule has 0 aromatic heterocycles. The molecule has 0 atom stereocenters. The van der Waals surface area contributed by atoms with Gasteiger partial charge in [0, 0.05) is 0 Å². The largest absolute Gasteiger partial charge is 0.413 e. The van der Waals surface area contributed by atoms with Gasteiger partial charge in [-0.2, -0.15) is 0 Å². The lowest BCUT2D eigenvalue weighted by Gasteiger charge is -2.09. The summed E-state index contributed by atoms with van der Waals surface area (Å²) in [5.74, 6) is -0.422. The maximum Gasteiger partial charge on any atom is 0.205 e.